The number of Topliss-reactive ketones (excluding diaryl/α,β-unsaturated/α-hetero) is 1. The first-order chi connectivity index (χ1) is 6.57. The van der Waals surface area contributed by atoms with Crippen LogP contribution in [0.4, 0.5) is 0 Å². The van der Waals surface area contributed by atoms with Crippen LogP contribution >= 0.6 is 0 Å². The average Bonchev–Trinajstić information content (AvgIpc) is 2.38. The van der Waals surface area contributed by atoms with Crippen LogP contribution in [0.2, 0.25) is 0 Å². The third-order valence-electron chi connectivity index (χ3n) is 1.97. The van der Waals surface area contributed by atoms with Gasteiger partial charge in [0.25, 0.3) is 0 Å². The highest BCUT2D eigenvalue weighted by Gasteiger charge is 2.35. The quantitative estimate of drug-likeness (QED) is 0.496. The van der Waals surface area contributed by atoms with E-state index >= 15 is 0 Å². The van der Waals surface area contributed by atoms with E-state index < -0.39 is 17.9 Å². The molecule has 0 aromatic heterocycles. The van der Waals surface area contributed by atoms with E-state index in [2.05, 4.69) is 4.74 Å². The number of cyclic esters (lactones) is 1. The summed E-state index contributed by atoms with van der Waals surface area (Å²) >= 11 is 0. The van der Waals surface area contributed by atoms with Gasteiger partial charge in [-0.05, 0) is 13.3 Å². The number of ketones is 1. The minimum Gasteiger partial charge on any atom is -0.507 e. The Balaban J connectivity index is 2.75. The first-order valence-corrected chi connectivity index (χ1v) is 4.36. The Morgan fingerprint density at radius 2 is 2.21 bits per heavy atom. The van der Waals surface area contributed by atoms with Crippen LogP contribution in [0.3, 0.4) is 0 Å². The van der Waals surface area contributed by atoms with Crippen molar-refractivity contribution in [3.8, 4) is 0 Å². The van der Waals surface area contributed by atoms with Crippen LogP contribution in [-0.4, -0.2) is 34.7 Å². The van der Waals surface area contributed by atoms with Crippen molar-refractivity contribution in [2.24, 2.45) is 0 Å². The van der Waals surface area contributed by atoms with E-state index in [9.17, 15) is 14.7 Å². The summed E-state index contributed by atoms with van der Waals surface area (Å²) in [6.07, 6.45) is -0.426. The van der Waals surface area contributed by atoms with E-state index in [4.69, 9.17) is 5.11 Å². The molecule has 0 aliphatic carbocycles. The van der Waals surface area contributed by atoms with Gasteiger partial charge in [0.15, 0.2) is 17.6 Å². The van der Waals surface area contributed by atoms with Crippen LogP contribution in [0.5, 0.6) is 0 Å². The van der Waals surface area contributed by atoms with Crippen molar-refractivity contribution in [2.45, 2.75) is 25.9 Å². The van der Waals surface area contributed by atoms with E-state index in [-0.39, 0.29) is 30.8 Å². The Morgan fingerprint density at radius 3 is 2.64 bits per heavy atom. The molecule has 0 unspecified atom stereocenters. The smallest absolute Gasteiger partial charge is 0.346 e. The summed E-state index contributed by atoms with van der Waals surface area (Å²) < 4.78 is 4.64. The van der Waals surface area contributed by atoms with Gasteiger partial charge in [0.2, 0.25) is 0 Å². The molecule has 0 fully saturated rings. The highest BCUT2D eigenvalue weighted by molar-refractivity contribution is 6.18. The molecule has 2 N–H and O–H groups in total. The Morgan fingerprint density at radius 1 is 1.57 bits per heavy atom. The SMILES string of the molecule is C[C@H]1OC(=O)C(C(=O)CCCO)=C1O. The van der Waals surface area contributed by atoms with Gasteiger partial charge >= 0.3 is 5.97 Å². The van der Waals surface area contributed by atoms with Crippen molar-refractivity contribution in [3.05, 3.63) is 11.3 Å². The minimum atomic E-state index is -0.780. The van der Waals surface area contributed by atoms with Crippen LogP contribution < -0.4 is 0 Å². The summed E-state index contributed by atoms with van der Waals surface area (Å²) in [5.41, 5.74) is -0.272. The largest absolute Gasteiger partial charge is 0.507 e. The molecule has 5 nitrogen and oxygen atoms in total. The molecule has 1 atom stereocenters. The second-order valence-corrected chi connectivity index (χ2v) is 3.06. The number of aliphatic hydroxyl groups excluding tert-OH is 2. The van der Waals surface area contributed by atoms with Gasteiger partial charge in [-0.3, -0.25) is 4.79 Å². The van der Waals surface area contributed by atoms with Crippen LogP contribution in [0.1, 0.15) is 19.8 Å². The lowest BCUT2D eigenvalue weighted by molar-refractivity contribution is -0.140. The number of carbonyl (C=O) groups excluding carboxylic acids is 2. The fraction of sp³-hybridized carbons (Fsp3) is 0.556. The lowest BCUT2D eigenvalue weighted by Gasteiger charge is -1.99. The lowest BCUT2D eigenvalue weighted by atomic mass is 10.1. The van der Waals surface area contributed by atoms with Gasteiger partial charge in [0.05, 0.1) is 0 Å². The first kappa shape index (κ1) is 10.7. The van der Waals surface area contributed by atoms with Gasteiger partial charge in [0.1, 0.15) is 5.57 Å². The predicted octanol–water partition coefficient (Wildman–Crippen LogP) is 0.0854. The van der Waals surface area contributed by atoms with Gasteiger partial charge in [0, 0.05) is 13.0 Å². The molecule has 1 aliphatic heterocycles. The Hall–Kier alpha value is -1.36. The number of aliphatic hydroxyl groups is 2. The minimum absolute atomic E-state index is 0.0394. The Kier molecular flexibility index (Phi) is 3.24. The van der Waals surface area contributed by atoms with E-state index in [1.807, 2.05) is 0 Å². The summed E-state index contributed by atoms with van der Waals surface area (Å²) in [4.78, 5) is 22.4. The van der Waals surface area contributed by atoms with E-state index in [0.717, 1.165) is 0 Å². The molecule has 0 saturated heterocycles. The second kappa shape index (κ2) is 4.23. The fourth-order valence-corrected chi connectivity index (χ4v) is 1.20. The number of esters is 1. The van der Waals surface area contributed by atoms with Crippen molar-refractivity contribution < 1.29 is 24.5 Å². The van der Waals surface area contributed by atoms with Crippen LogP contribution in [-0.2, 0) is 14.3 Å². The highest BCUT2D eigenvalue weighted by atomic mass is 16.6. The molecule has 1 heterocycles. The molecular weight excluding hydrogens is 188 g/mol. The number of rotatable bonds is 4. The molecule has 5 heteroatoms. The molecule has 14 heavy (non-hydrogen) atoms. The topological polar surface area (TPSA) is 83.8 Å². The van der Waals surface area contributed by atoms with E-state index in [0.29, 0.717) is 0 Å². The van der Waals surface area contributed by atoms with Crippen LogP contribution in [0.15, 0.2) is 11.3 Å². The monoisotopic (exact) mass is 200 g/mol. The predicted molar refractivity (Wildman–Crippen MR) is 46.5 cm³/mol. The molecule has 0 radical (unpaired) electrons. The third kappa shape index (κ3) is 1.93. The zero-order chi connectivity index (χ0) is 10.7. The maximum absolute atomic E-state index is 11.3. The molecule has 78 valence electrons. The summed E-state index contributed by atoms with van der Waals surface area (Å²) in [7, 11) is 0. The maximum atomic E-state index is 11.3. The number of hydrogen-bond donors (Lipinski definition) is 2. The fourth-order valence-electron chi connectivity index (χ4n) is 1.20. The van der Waals surface area contributed by atoms with Crippen molar-refractivity contribution in [3.63, 3.8) is 0 Å². The Labute approximate surface area is 81.0 Å². The number of carbonyl (C=O) groups is 2. The van der Waals surface area contributed by atoms with Crippen molar-refractivity contribution in [2.75, 3.05) is 6.61 Å². The van der Waals surface area contributed by atoms with Gasteiger partial charge in [-0.15, -0.1) is 0 Å². The summed E-state index contributed by atoms with van der Waals surface area (Å²) in [6, 6.07) is 0. The summed E-state index contributed by atoms with van der Waals surface area (Å²) in [5, 5.41) is 17.8. The highest BCUT2D eigenvalue weighted by Crippen LogP contribution is 2.22. The molecule has 0 bridgehead atoms. The Bertz CT molecular complexity index is 292. The normalized spacial score (nSPS) is 21.3. The molecule has 1 aliphatic rings. The van der Waals surface area contributed by atoms with Gasteiger partial charge in [-0.2, -0.15) is 0 Å². The standard InChI is InChI=1S/C9H12O5/c1-5-8(12)7(9(13)14-5)6(11)3-2-4-10/h5,10,12H,2-4H2,1H3/t5-/m1/s1. The molecule has 0 amide bonds. The van der Waals surface area contributed by atoms with Crippen molar-refractivity contribution >= 4 is 11.8 Å². The number of ether oxygens (including phenoxy) is 1. The van der Waals surface area contributed by atoms with Gasteiger partial charge < -0.3 is 14.9 Å². The summed E-state index contributed by atoms with van der Waals surface area (Å²) in [5.74, 6) is -1.57. The summed E-state index contributed by atoms with van der Waals surface area (Å²) in [6.45, 7) is 1.37. The molecule has 1 rings (SSSR count). The zero-order valence-corrected chi connectivity index (χ0v) is 7.82. The molecule has 0 aromatic carbocycles. The molecule has 0 aromatic rings. The van der Waals surface area contributed by atoms with Gasteiger partial charge in [-0.1, -0.05) is 0 Å². The molecule has 0 spiro atoms. The number of hydrogen-bond acceptors (Lipinski definition) is 5. The van der Waals surface area contributed by atoms with E-state index in [1.54, 1.807) is 0 Å². The lowest BCUT2D eigenvalue weighted by Crippen LogP contribution is -2.11. The second-order valence-electron chi connectivity index (χ2n) is 3.06. The molecule has 0 saturated carbocycles. The zero-order valence-electron chi connectivity index (χ0n) is 7.82. The first-order valence-electron chi connectivity index (χ1n) is 4.36. The van der Waals surface area contributed by atoms with Crippen molar-refractivity contribution in [1.82, 2.24) is 0 Å². The third-order valence-corrected chi connectivity index (χ3v) is 1.97. The maximum Gasteiger partial charge on any atom is 0.346 e. The average molecular weight is 200 g/mol. The van der Waals surface area contributed by atoms with E-state index in [1.165, 1.54) is 6.92 Å². The van der Waals surface area contributed by atoms with Crippen LogP contribution in [0, 0.1) is 0 Å². The van der Waals surface area contributed by atoms with Crippen molar-refractivity contribution in [1.29, 1.82) is 0 Å². The molecular formula is C9H12O5. The van der Waals surface area contributed by atoms with Gasteiger partial charge in [-0.25, -0.2) is 4.79 Å². The van der Waals surface area contributed by atoms with Crippen LogP contribution in [0.25, 0.3) is 0 Å².